The van der Waals surface area contributed by atoms with E-state index in [-0.39, 0.29) is 11.4 Å². The fourth-order valence-electron chi connectivity index (χ4n) is 2.89. The highest BCUT2D eigenvalue weighted by Gasteiger charge is 2.21. The third-order valence-electron chi connectivity index (χ3n) is 4.57. The molecule has 0 heterocycles. The molecular weight excluding hydrogens is 430 g/mol. The summed E-state index contributed by atoms with van der Waals surface area (Å²) in [6, 6.07) is 16.6. The van der Waals surface area contributed by atoms with Gasteiger partial charge in [0, 0.05) is 24.9 Å². The maximum atomic E-state index is 12.5. The van der Waals surface area contributed by atoms with Crippen LogP contribution in [0.5, 0.6) is 0 Å². The Balaban J connectivity index is 1.97. The van der Waals surface area contributed by atoms with Gasteiger partial charge in [0.05, 0.1) is 11.0 Å². The Morgan fingerprint density at radius 2 is 1.66 bits per heavy atom. The van der Waals surface area contributed by atoms with Gasteiger partial charge < -0.3 is 4.74 Å². The topological polar surface area (TPSA) is 108 Å². The number of esters is 1. The number of nitrogens with zero attached hydrogens (tertiary/aromatic N) is 3. The first-order valence-corrected chi connectivity index (χ1v) is 11.4. The highest BCUT2D eigenvalue weighted by Crippen LogP contribution is 2.17. The summed E-state index contributed by atoms with van der Waals surface area (Å²) >= 11 is 0. The summed E-state index contributed by atoms with van der Waals surface area (Å²) in [5.74, 6) is -1.26. The number of benzene rings is 2. The molecule has 0 N–H and O–H groups in total. The number of carbonyl (C=O) groups is 2. The normalized spacial score (nSPS) is 11.3. The number of nitriles is 1. The summed E-state index contributed by atoms with van der Waals surface area (Å²) in [4.78, 5) is 25.7. The number of ether oxygens (including phenoxy) is 1. The van der Waals surface area contributed by atoms with Crippen molar-refractivity contribution in [2.24, 2.45) is 0 Å². The molecule has 8 nitrogen and oxygen atoms in total. The molecule has 1 amide bonds. The fraction of sp³-hybridized carbons (Fsp3) is 0.261. The molecule has 2 aromatic carbocycles. The number of anilines is 1. The predicted molar refractivity (Wildman–Crippen MR) is 121 cm³/mol. The summed E-state index contributed by atoms with van der Waals surface area (Å²) < 4.78 is 31.3. The van der Waals surface area contributed by atoms with Crippen LogP contribution in [0, 0.1) is 11.3 Å². The zero-order chi connectivity index (χ0) is 23.6. The van der Waals surface area contributed by atoms with Crippen molar-refractivity contribution < 1.29 is 22.7 Å². The van der Waals surface area contributed by atoms with Crippen molar-refractivity contribution in [1.29, 1.82) is 5.26 Å². The minimum atomic E-state index is -3.55. The van der Waals surface area contributed by atoms with Crippen LogP contribution in [0.1, 0.15) is 19.4 Å². The predicted octanol–water partition coefficient (Wildman–Crippen LogP) is 2.83. The van der Waals surface area contributed by atoms with Gasteiger partial charge in [0.15, 0.2) is 6.61 Å². The largest absolute Gasteiger partial charge is 0.452 e. The summed E-state index contributed by atoms with van der Waals surface area (Å²) in [5, 5.41) is 8.96. The van der Waals surface area contributed by atoms with E-state index in [1.807, 2.05) is 6.07 Å². The van der Waals surface area contributed by atoms with Crippen LogP contribution in [0.4, 0.5) is 5.69 Å². The molecule has 0 atom stereocenters. The van der Waals surface area contributed by atoms with Crippen LogP contribution in [0.25, 0.3) is 6.08 Å². The first kappa shape index (κ1) is 24.8. The van der Waals surface area contributed by atoms with Gasteiger partial charge in [0.25, 0.3) is 5.91 Å². The monoisotopic (exact) mass is 455 g/mol. The van der Waals surface area contributed by atoms with Gasteiger partial charge in [0.2, 0.25) is 10.0 Å². The minimum Gasteiger partial charge on any atom is -0.452 e. The number of para-hydroxylation sites is 1. The smallest absolute Gasteiger partial charge is 0.331 e. The summed E-state index contributed by atoms with van der Waals surface area (Å²) in [7, 11) is -3.55. The first-order chi connectivity index (χ1) is 15.3. The van der Waals surface area contributed by atoms with Crippen LogP contribution in [-0.2, 0) is 24.3 Å². The van der Waals surface area contributed by atoms with Crippen molar-refractivity contribution in [2.75, 3.05) is 31.1 Å². The van der Waals surface area contributed by atoms with Gasteiger partial charge in [-0.15, -0.1) is 0 Å². The van der Waals surface area contributed by atoms with Gasteiger partial charge in [-0.1, -0.05) is 44.2 Å². The molecule has 0 radical (unpaired) electrons. The van der Waals surface area contributed by atoms with Crippen molar-refractivity contribution in [2.45, 2.75) is 18.7 Å². The van der Waals surface area contributed by atoms with Crippen molar-refractivity contribution in [3.63, 3.8) is 0 Å². The van der Waals surface area contributed by atoms with Crippen molar-refractivity contribution in [3.8, 4) is 6.07 Å². The van der Waals surface area contributed by atoms with E-state index in [9.17, 15) is 18.0 Å². The Morgan fingerprint density at radius 3 is 2.22 bits per heavy atom. The van der Waals surface area contributed by atoms with Crippen molar-refractivity contribution >= 4 is 33.7 Å². The summed E-state index contributed by atoms with van der Waals surface area (Å²) in [6.07, 6.45) is 2.61. The van der Waals surface area contributed by atoms with Crippen molar-refractivity contribution in [1.82, 2.24) is 4.31 Å². The van der Waals surface area contributed by atoms with Gasteiger partial charge in [-0.3, -0.25) is 9.69 Å². The molecule has 0 aromatic heterocycles. The molecule has 0 spiro atoms. The first-order valence-electron chi connectivity index (χ1n) is 10.0. The third-order valence-corrected chi connectivity index (χ3v) is 6.63. The molecular formula is C23H25N3O5S. The molecule has 0 saturated carbocycles. The standard InChI is InChI=1S/C23H25N3O5S/c1-3-25(4-2)32(29,30)21-13-10-19(11-14-21)12-15-23(28)31-18-22(27)26(17-16-24)20-8-6-5-7-9-20/h5-15H,3-4,17-18H2,1-2H3/b15-12+. The van der Waals surface area contributed by atoms with Crippen LogP contribution in [-0.4, -0.2) is 50.8 Å². The molecule has 0 aliphatic carbocycles. The van der Waals surface area contributed by atoms with E-state index in [4.69, 9.17) is 10.00 Å². The molecule has 0 bridgehead atoms. The minimum absolute atomic E-state index is 0.168. The molecule has 168 valence electrons. The fourth-order valence-corrected chi connectivity index (χ4v) is 4.35. The van der Waals surface area contributed by atoms with Gasteiger partial charge in [-0.05, 0) is 35.9 Å². The number of sulfonamides is 1. The van der Waals surface area contributed by atoms with Gasteiger partial charge >= 0.3 is 5.97 Å². The van der Waals surface area contributed by atoms with Gasteiger partial charge in [0.1, 0.15) is 6.54 Å². The summed E-state index contributed by atoms with van der Waals surface area (Å²) in [6.45, 7) is 3.61. The maximum absolute atomic E-state index is 12.5. The SMILES string of the molecule is CCN(CC)S(=O)(=O)c1ccc(/C=C/C(=O)OCC(=O)N(CC#N)c2ccccc2)cc1. The number of amides is 1. The molecule has 0 fully saturated rings. The average Bonchev–Trinajstić information content (AvgIpc) is 2.81. The quantitative estimate of drug-likeness (QED) is 0.310. The highest BCUT2D eigenvalue weighted by atomic mass is 32.2. The number of hydrogen-bond donors (Lipinski definition) is 0. The Hall–Kier alpha value is -3.48. The Morgan fingerprint density at radius 1 is 1.03 bits per heavy atom. The second-order valence-electron chi connectivity index (χ2n) is 6.57. The number of hydrogen-bond acceptors (Lipinski definition) is 6. The zero-order valence-corrected chi connectivity index (χ0v) is 18.8. The van der Waals surface area contributed by atoms with Crippen LogP contribution in [0.3, 0.4) is 0 Å². The van der Waals surface area contributed by atoms with E-state index in [1.54, 1.807) is 56.3 Å². The second-order valence-corrected chi connectivity index (χ2v) is 8.51. The lowest BCUT2D eigenvalue weighted by atomic mass is 10.2. The van der Waals surface area contributed by atoms with Crippen LogP contribution < -0.4 is 4.90 Å². The lowest BCUT2D eigenvalue weighted by Gasteiger charge is -2.19. The van der Waals surface area contributed by atoms with Crippen LogP contribution in [0.2, 0.25) is 0 Å². The number of rotatable bonds is 10. The van der Waals surface area contributed by atoms with E-state index in [0.29, 0.717) is 24.3 Å². The zero-order valence-electron chi connectivity index (χ0n) is 18.0. The molecule has 2 rings (SSSR count). The summed E-state index contributed by atoms with van der Waals surface area (Å²) in [5.41, 5.74) is 1.13. The Labute approximate surface area is 188 Å². The second kappa shape index (κ2) is 11.8. The molecule has 2 aromatic rings. The Kier molecular flexibility index (Phi) is 9.13. The molecule has 0 aliphatic rings. The molecule has 0 saturated heterocycles. The van der Waals surface area contributed by atoms with E-state index < -0.39 is 28.5 Å². The molecule has 0 unspecified atom stereocenters. The lowest BCUT2D eigenvalue weighted by molar-refractivity contribution is -0.142. The van der Waals surface area contributed by atoms with Crippen LogP contribution in [0.15, 0.2) is 65.6 Å². The van der Waals surface area contributed by atoms with Crippen molar-refractivity contribution in [3.05, 3.63) is 66.2 Å². The maximum Gasteiger partial charge on any atom is 0.331 e. The number of carbonyl (C=O) groups excluding carboxylic acids is 2. The van der Waals surface area contributed by atoms with E-state index >= 15 is 0 Å². The molecule has 0 aliphatic heterocycles. The van der Waals surface area contributed by atoms with Gasteiger partial charge in [-0.2, -0.15) is 9.57 Å². The molecule has 32 heavy (non-hydrogen) atoms. The van der Waals surface area contributed by atoms with Gasteiger partial charge in [-0.25, -0.2) is 13.2 Å². The van der Waals surface area contributed by atoms with E-state index in [1.165, 1.54) is 27.4 Å². The van der Waals surface area contributed by atoms with E-state index in [2.05, 4.69) is 0 Å². The Bertz CT molecular complexity index is 1090. The lowest BCUT2D eigenvalue weighted by Crippen LogP contribution is -2.34. The highest BCUT2D eigenvalue weighted by molar-refractivity contribution is 7.89. The average molecular weight is 456 g/mol. The third kappa shape index (κ3) is 6.51. The van der Waals surface area contributed by atoms with E-state index in [0.717, 1.165) is 6.08 Å². The van der Waals surface area contributed by atoms with Crippen LogP contribution >= 0.6 is 0 Å². The molecule has 9 heteroatoms.